The molecule has 34 heavy (non-hydrogen) atoms. The first-order valence-corrected chi connectivity index (χ1v) is 12.5. The third-order valence-electron chi connectivity index (χ3n) is 8.02. The summed E-state index contributed by atoms with van der Waals surface area (Å²) in [5.74, 6) is -0.305. The third-order valence-corrected chi connectivity index (χ3v) is 8.02. The molecule has 1 atom stereocenters. The van der Waals surface area contributed by atoms with Crippen molar-refractivity contribution in [1.82, 2.24) is 14.7 Å². The van der Waals surface area contributed by atoms with Gasteiger partial charge in [0.05, 0.1) is 11.5 Å². The Balaban J connectivity index is 1.48. The van der Waals surface area contributed by atoms with Crippen LogP contribution in [0.15, 0.2) is 42.5 Å². The van der Waals surface area contributed by atoms with E-state index in [0.29, 0.717) is 11.1 Å². The van der Waals surface area contributed by atoms with Crippen LogP contribution in [0.2, 0.25) is 0 Å². The molecule has 3 aliphatic heterocycles. The fraction of sp³-hybridized carbons (Fsp3) is 0.500. The van der Waals surface area contributed by atoms with E-state index in [1.807, 2.05) is 46.2 Å². The number of likely N-dealkylation sites (tertiary alicyclic amines) is 2. The number of rotatable bonds is 4. The maximum atomic E-state index is 13.9. The molecule has 0 saturated carbocycles. The van der Waals surface area contributed by atoms with Crippen molar-refractivity contribution >= 4 is 11.8 Å². The zero-order valence-corrected chi connectivity index (χ0v) is 20.4. The van der Waals surface area contributed by atoms with Gasteiger partial charge in [0.1, 0.15) is 5.82 Å². The van der Waals surface area contributed by atoms with Crippen LogP contribution in [0.25, 0.3) is 0 Å². The highest BCUT2D eigenvalue weighted by Crippen LogP contribution is 2.49. The molecule has 3 aliphatic rings. The van der Waals surface area contributed by atoms with Crippen molar-refractivity contribution in [2.45, 2.75) is 64.1 Å². The lowest BCUT2D eigenvalue weighted by molar-refractivity contribution is -0.142. The fourth-order valence-electron chi connectivity index (χ4n) is 6.23. The van der Waals surface area contributed by atoms with Crippen LogP contribution < -0.4 is 0 Å². The van der Waals surface area contributed by atoms with Crippen LogP contribution in [-0.2, 0) is 11.3 Å². The number of hydrogen-bond donors (Lipinski definition) is 0. The minimum atomic E-state index is -0.526. The van der Waals surface area contributed by atoms with Crippen molar-refractivity contribution in [3.63, 3.8) is 0 Å². The summed E-state index contributed by atoms with van der Waals surface area (Å²) >= 11 is 0. The van der Waals surface area contributed by atoms with E-state index < -0.39 is 5.54 Å². The van der Waals surface area contributed by atoms with E-state index >= 15 is 0 Å². The Labute approximate surface area is 201 Å². The van der Waals surface area contributed by atoms with Gasteiger partial charge in [-0.1, -0.05) is 30.3 Å². The quantitative estimate of drug-likeness (QED) is 0.677. The average Bonchev–Trinajstić information content (AvgIpc) is 2.77. The largest absolute Gasteiger partial charge is 0.342 e. The number of benzene rings is 2. The zero-order chi connectivity index (χ0) is 24.0. The van der Waals surface area contributed by atoms with Crippen LogP contribution in [0.5, 0.6) is 0 Å². The van der Waals surface area contributed by atoms with Crippen molar-refractivity contribution in [2.75, 3.05) is 26.2 Å². The number of halogens is 1. The summed E-state index contributed by atoms with van der Waals surface area (Å²) in [4.78, 5) is 34.0. The lowest BCUT2D eigenvalue weighted by Gasteiger charge is -2.57. The molecule has 0 aliphatic carbocycles. The molecule has 6 heteroatoms. The van der Waals surface area contributed by atoms with Crippen LogP contribution in [0.1, 0.15) is 66.1 Å². The highest BCUT2D eigenvalue weighted by atomic mass is 19.1. The first-order valence-electron chi connectivity index (χ1n) is 12.5. The van der Waals surface area contributed by atoms with Gasteiger partial charge in [-0.15, -0.1) is 0 Å². The van der Waals surface area contributed by atoms with Crippen LogP contribution in [0.3, 0.4) is 0 Å². The number of carbonyl (C=O) groups excluding carboxylic acids is 2. The third kappa shape index (κ3) is 3.72. The standard InChI is InChI=1S/C28H34FN3O2/c1-19(2)32-26(33)23-8-5-4-7-22(23)25(27(34)31-13-6-14-31)28(32)11-15-30(16-12-28)18-21-9-10-24(29)20(3)17-21/h4-5,7-10,17,19,25H,6,11-16,18H2,1-3H3. The van der Waals surface area contributed by atoms with Gasteiger partial charge in [-0.2, -0.15) is 0 Å². The summed E-state index contributed by atoms with van der Waals surface area (Å²) in [5.41, 5.74) is 2.79. The molecule has 0 radical (unpaired) electrons. The number of fused-ring (bicyclic) bond motifs is 1. The minimum absolute atomic E-state index is 0.00107. The van der Waals surface area contributed by atoms with Gasteiger partial charge in [-0.3, -0.25) is 14.5 Å². The van der Waals surface area contributed by atoms with E-state index in [2.05, 4.69) is 18.7 Å². The topological polar surface area (TPSA) is 43.9 Å². The number of nitrogens with zero attached hydrogens (tertiary/aromatic N) is 3. The summed E-state index contributed by atoms with van der Waals surface area (Å²) in [7, 11) is 0. The number of carbonyl (C=O) groups is 2. The highest BCUT2D eigenvalue weighted by Gasteiger charge is 2.57. The number of piperidine rings is 1. The van der Waals surface area contributed by atoms with Gasteiger partial charge in [0.25, 0.3) is 5.91 Å². The molecular weight excluding hydrogens is 429 g/mol. The Morgan fingerprint density at radius 2 is 1.79 bits per heavy atom. The molecule has 0 N–H and O–H groups in total. The molecule has 2 saturated heterocycles. The number of amides is 2. The molecule has 2 amide bonds. The van der Waals surface area contributed by atoms with E-state index in [1.165, 1.54) is 6.07 Å². The van der Waals surface area contributed by atoms with Gasteiger partial charge in [-0.25, -0.2) is 4.39 Å². The second kappa shape index (κ2) is 8.81. The second-order valence-electron chi connectivity index (χ2n) is 10.4. The monoisotopic (exact) mass is 463 g/mol. The summed E-state index contributed by atoms with van der Waals surface area (Å²) in [6.07, 6.45) is 2.54. The normalized spacial score (nSPS) is 22.1. The van der Waals surface area contributed by atoms with E-state index in [9.17, 15) is 14.0 Å². The van der Waals surface area contributed by atoms with Crippen LogP contribution in [0, 0.1) is 12.7 Å². The maximum absolute atomic E-state index is 13.9. The van der Waals surface area contributed by atoms with Gasteiger partial charge >= 0.3 is 0 Å². The summed E-state index contributed by atoms with van der Waals surface area (Å²) < 4.78 is 13.7. The summed E-state index contributed by atoms with van der Waals surface area (Å²) in [6, 6.07) is 13.0. The fourth-order valence-corrected chi connectivity index (χ4v) is 6.23. The Morgan fingerprint density at radius 1 is 1.09 bits per heavy atom. The van der Waals surface area contributed by atoms with Gasteiger partial charge in [0, 0.05) is 44.3 Å². The molecule has 2 aromatic carbocycles. The van der Waals surface area contributed by atoms with E-state index in [4.69, 9.17) is 0 Å². The van der Waals surface area contributed by atoms with Crippen LogP contribution in [0.4, 0.5) is 4.39 Å². The number of hydrogen-bond acceptors (Lipinski definition) is 3. The van der Waals surface area contributed by atoms with Crippen molar-refractivity contribution in [3.8, 4) is 0 Å². The Hall–Kier alpha value is -2.73. The van der Waals surface area contributed by atoms with E-state index in [-0.39, 0.29) is 29.6 Å². The van der Waals surface area contributed by atoms with Crippen molar-refractivity contribution < 1.29 is 14.0 Å². The van der Waals surface area contributed by atoms with Crippen molar-refractivity contribution in [2.24, 2.45) is 0 Å². The Morgan fingerprint density at radius 3 is 2.41 bits per heavy atom. The second-order valence-corrected chi connectivity index (χ2v) is 10.4. The number of aryl methyl sites for hydroxylation is 1. The van der Waals surface area contributed by atoms with Crippen molar-refractivity contribution in [1.29, 1.82) is 0 Å². The van der Waals surface area contributed by atoms with Crippen LogP contribution >= 0.6 is 0 Å². The Kier molecular flexibility index (Phi) is 5.96. The van der Waals surface area contributed by atoms with Gasteiger partial charge < -0.3 is 9.80 Å². The molecule has 5 nitrogen and oxygen atoms in total. The lowest BCUT2D eigenvalue weighted by Crippen LogP contribution is -2.67. The summed E-state index contributed by atoms with van der Waals surface area (Å²) in [5, 5.41) is 0. The van der Waals surface area contributed by atoms with Crippen molar-refractivity contribution in [3.05, 3.63) is 70.5 Å². The molecule has 5 rings (SSSR count). The SMILES string of the molecule is Cc1cc(CN2CCC3(CC2)C(C(=O)N2CCC2)c2ccccc2C(=O)N3C(C)C)ccc1F. The Bertz CT molecular complexity index is 1100. The molecule has 3 heterocycles. The molecule has 2 fully saturated rings. The first kappa shape index (κ1) is 23.0. The molecule has 180 valence electrons. The molecular formula is C28H34FN3O2. The van der Waals surface area contributed by atoms with Crippen LogP contribution in [-0.4, -0.2) is 64.3 Å². The van der Waals surface area contributed by atoms with E-state index in [1.54, 1.807) is 6.92 Å². The predicted octanol–water partition coefficient (Wildman–Crippen LogP) is 4.35. The van der Waals surface area contributed by atoms with Gasteiger partial charge in [-0.05, 0) is 68.9 Å². The molecule has 1 spiro atoms. The lowest BCUT2D eigenvalue weighted by atomic mass is 9.66. The predicted molar refractivity (Wildman–Crippen MR) is 130 cm³/mol. The summed E-state index contributed by atoms with van der Waals surface area (Å²) in [6.45, 7) is 9.85. The molecule has 0 aromatic heterocycles. The molecule has 2 aromatic rings. The van der Waals surface area contributed by atoms with E-state index in [0.717, 1.165) is 63.1 Å². The molecule has 0 bridgehead atoms. The zero-order valence-electron chi connectivity index (χ0n) is 20.4. The average molecular weight is 464 g/mol. The maximum Gasteiger partial charge on any atom is 0.254 e. The van der Waals surface area contributed by atoms with Gasteiger partial charge in [0.15, 0.2) is 0 Å². The highest BCUT2D eigenvalue weighted by molar-refractivity contribution is 6.02. The minimum Gasteiger partial charge on any atom is -0.342 e. The first-order chi connectivity index (χ1) is 16.3. The van der Waals surface area contributed by atoms with Gasteiger partial charge in [0.2, 0.25) is 5.91 Å². The molecule has 1 unspecified atom stereocenters. The smallest absolute Gasteiger partial charge is 0.254 e.